The molecule has 0 aliphatic rings. The molecule has 0 aliphatic carbocycles. The standard InChI is InChI=1S/C21H39NO3S/c1-2-3-4-5-6-7-8-9-10-11-12-13-14-19(15-16-21(24)25)26-18-17-20(22)23/h13-14,19H,2-12,15-18H2,1H3,(H2,22,23)(H,24,25)/b14-13-. The van der Waals surface area contributed by atoms with Crippen molar-refractivity contribution < 1.29 is 14.7 Å². The first-order chi connectivity index (χ1) is 12.6. The van der Waals surface area contributed by atoms with E-state index in [1.807, 2.05) is 0 Å². The smallest absolute Gasteiger partial charge is 0.303 e. The van der Waals surface area contributed by atoms with Crippen molar-refractivity contribution in [3.63, 3.8) is 0 Å². The van der Waals surface area contributed by atoms with Gasteiger partial charge in [0.2, 0.25) is 5.91 Å². The fourth-order valence-electron chi connectivity index (χ4n) is 2.81. The molecule has 0 saturated carbocycles. The van der Waals surface area contributed by atoms with Crippen LogP contribution in [0.3, 0.4) is 0 Å². The van der Waals surface area contributed by atoms with Crippen LogP contribution in [0, 0.1) is 0 Å². The molecule has 5 heteroatoms. The number of amides is 1. The van der Waals surface area contributed by atoms with Crippen LogP contribution in [0.5, 0.6) is 0 Å². The van der Waals surface area contributed by atoms with E-state index < -0.39 is 5.97 Å². The second-order valence-corrected chi connectivity index (χ2v) is 8.30. The highest BCUT2D eigenvalue weighted by molar-refractivity contribution is 8.00. The molecule has 3 N–H and O–H groups in total. The number of rotatable bonds is 19. The van der Waals surface area contributed by atoms with Crippen LogP contribution in [0.4, 0.5) is 0 Å². The molecule has 0 aromatic heterocycles. The van der Waals surface area contributed by atoms with Crippen LogP contribution in [-0.4, -0.2) is 28.0 Å². The highest BCUT2D eigenvalue weighted by Gasteiger charge is 2.09. The lowest BCUT2D eigenvalue weighted by atomic mass is 10.1. The number of carbonyl (C=O) groups is 2. The average Bonchev–Trinajstić information content (AvgIpc) is 2.59. The molecule has 0 heterocycles. The Morgan fingerprint density at radius 3 is 2.08 bits per heavy atom. The summed E-state index contributed by atoms with van der Waals surface area (Å²) in [6.45, 7) is 2.25. The molecule has 1 amide bonds. The van der Waals surface area contributed by atoms with E-state index in [2.05, 4.69) is 19.1 Å². The summed E-state index contributed by atoms with van der Waals surface area (Å²) in [5.74, 6) is -0.417. The van der Waals surface area contributed by atoms with Crippen LogP contribution in [0.25, 0.3) is 0 Å². The maximum absolute atomic E-state index is 10.8. The van der Waals surface area contributed by atoms with Crippen LogP contribution in [0.15, 0.2) is 12.2 Å². The highest BCUT2D eigenvalue weighted by atomic mass is 32.2. The number of aliphatic carboxylic acids is 1. The zero-order valence-electron chi connectivity index (χ0n) is 16.6. The normalized spacial score (nSPS) is 12.5. The molecule has 0 aromatic rings. The first-order valence-electron chi connectivity index (χ1n) is 10.3. The second-order valence-electron chi connectivity index (χ2n) is 6.96. The van der Waals surface area contributed by atoms with E-state index >= 15 is 0 Å². The van der Waals surface area contributed by atoms with Crippen molar-refractivity contribution in [3.8, 4) is 0 Å². The number of hydrogen-bond donors (Lipinski definition) is 2. The summed E-state index contributed by atoms with van der Waals surface area (Å²) < 4.78 is 0. The minimum Gasteiger partial charge on any atom is -0.481 e. The third-order valence-corrected chi connectivity index (χ3v) is 5.66. The molecule has 0 spiro atoms. The summed E-state index contributed by atoms with van der Waals surface area (Å²) in [6, 6.07) is 0. The Balaban J connectivity index is 3.72. The zero-order chi connectivity index (χ0) is 19.5. The van der Waals surface area contributed by atoms with Gasteiger partial charge in [0, 0.05) is 23.8 Å². The Kier molecular flexibility index (Phi) is 18.1. The fraction of sp³-hybridized carbons (Fsp3) is 0.810. The Morgan fingerprint density at radius 1 is 0.962 bits per heavy atom. The molecule has 1 unspecified atom stereocenters. The van der Waals surface area contributed by atoms with E-state index in [0.717, 1.165) is 6.42 Å². The van der Waals surface area contributed by atoms with Crippen LogP contribution in [0.1, 0.15) is 96.8 Å². The predicted octanol–water partition coefficient (Wildman–Crippen LogP) is 5.70. The molecule has 0 saturated heterocycles. The van der Waals surface area contributed by atoms with Gasteiger partial charge in [0.25, 0.3) is 0 Å². The summed E-state index contributed by atoms with van der Waals surface area (Å²) in [5.41, 5.74) is 5.16. The predicted molar refractivity (Wildman–Crippen MR) is 113 cm³/mol. The average molecular weight is 386 g/mol. The number of thioether (sulfide) groups is 1. The van der Waals surface area contributed by atoms with E-state index in [-0.39, 0.29) is 17.6 Å². The fourth-order valence-corrected chi connectivity index (χ4v) is 3.94. The van der Waals surface area contributed by atoms with E-state index in [0.29, 0.717) is 18.6 Å². The molecular weight excluding hydrogens is 346 g/mol. The quantitative estimate of drug-likeness (QED) is 0.221. The number of carboxylic acids is 1. The Labute approximate surface area is 164 Å². The molecule has 152 valence electrons. The summed E-state index contributed by atoms with van der Waals surface area (Å²) in [7, 11) is 0. The van der Waals surface area contributed by atoms with Gasteiger partial charge < -0.3 is 10.8 Å². The van der Waals surface area contributed by atoms with E-state index in [1.54, 1.807) is 11.8 Å². The minimum atomic E-state index is -0.770. The van der Waals surface area contributed by atoms with Crippen molar-refractivity contribution in [3.05, 3.63) is 12.2 Å². The molecule has 0 bridgehead atoms. The lowest BCUT2D eigenvalue weighted by Gasteiger charge is -2.10. The Hall–Kier alpha value is -0.970. The summed E-state index contributed by atoms with van der Waals surface area (Å²) in [5, 5.41) is 9.00. The van der Waals surface area contributed by atoms with Crippen LogP contribution in [0.2, 0.25) is 0 Å². The van der Waals surface area contributed by atoms with Gasteiger partial charge in [0.05, 0.1) is 0 Å². The molecule has 0 rings (SSSR count). The number of hydrogen-bond acceptors (Lipinski definition) is 3. The van der Waals surface area contributed by atoms with Gasteiger partial charge in [0.1, 0.15) is 0 Å². The van der Waals surface area contributed by atoms with Gasteiger partial charge in [-0.05, 0) is 19.3 Å². The molecule has 26 heavy (non-hydrogen) atoms. The summed E-state index contributed by atoms with van der Waals surface area (Å²) >= 11 is 1.62. The lowest BCUT2D eigenvalue weighted by Crippen LogP contribution is -2.12. The third-order valence-electron chi connectivity index (χ3n) is 4.40. The molecule has 1 atom stereocenters. The van der Waals surface area contributed by atoms with Gasteiger partial charge in [-0.15, -0.1) is 0 Å². The summed E-state index contributed by atoms with van der Waals surface area (Å²) in [6.07, 6.45) is 19.8. The molecule has 0 fully saturated rings. The van der Waals surface area contributed by atoms with Gasteiger partial charge in [0.15, 0.2) is 0 Å². The number of nitrogens with two attached hydrogens (primary N) is 1. The number of unbranched alkanes of at least 4 members (excludes halogenated alkanes) is 10. The van der Waals surface area contributed by atoms with Crippen molar-refractivity contribution >= 4 is 23.6 Å². The van der Waals surface area contributed by atoms with Crippen LogP contribution >= 0.6 is 11.8 Å². The molecule has 0 radical (unpaired) electrons. The molecule has 0 aliphatic heterocycles. The second kappa shape index (κ2) is 18.8. The first kappa shape index (κ1) is 25.0. The largest absolute Gasteiger partial charge is 0.481 e. The third kappa shape index (κ3) is 19.4. The number of carboxylic acid groups (broad SMARTS) is 1. The molecule has 4 nitrogen and oxygen atoms in total. The summed E-state index contributed by atoms with van der Waals surface area (Å²) in [4.78, 5) is 21.6. The van der Waals surface area contributed by atoms with Gasteiger partial charge in [-0.3, -0.25) is 9.59 Å². The van der Waals surface area contributed by atoms with Gasteiger partial charge in [-0.25, -0.2) is 0 Å². The maximum atomic E-state index is 10.8. The zero-order valence-corrected chi connectivity index (χ0v) is 17.4. The first-order valence-corrected chi connectivity index (χ1v) is 11.4. The van der Waals surface area contributed by atoms with Crippen molar-refractivity contribution in [2.24, 2.45) is 5.73 Å². The van der Waals surface area contributed by atoms with Crippen molar-refractivity contribution in [1.29, 1.82) is 0 Å². The number of allylic oxidation sites excluding steroid dienone is 1. The van der Waals surface area contributed by atoms with Crippen molar-refractivity contribution in [2.45, 2.75) is 102 Å². The van der Waals surface area contributed by atoms with E-state index in [4.69, 9.17) is 10.8 Å². The van der Waals surface area contributed by atoms with Gasteiger partial charge in [-0.2, -0.15) is 11.8 Å². The molecule has 0 aromatic carbocycles. The van der Waals surface area contributed by atoms with Crippen LogP contribution in [-0.2, 0) is 9.59 Å². The number of carbonyl (C=O) groups excluding carboxylic acids is 1. The Bertz CT molecular complexity index is 385. The minimum absolute atomic E-state index is 0.161. The maximum Gasteiger partial charge on any atom is 0.303 e. The van der Waals surface area contributed by atoms with E-state index in [9.17, 15) is 9.59 Å². The van der Waals surface area contributed by atoms with Crippen molar-refractivity contribution in [2.75, 3.05) is 5.75 Å². The SMILES string of the molecule is CCCCCCCCCCCC/C=C\C(CCC(=O)O)SCCC(N)=O. The van der Waals surface area contributed by atoms with E-state index in [1.165, 1.54) is 64.2 Å². The van der Waals surface area contributed by atoms with Gasteiger partial charge >= 0.3 is 5.97 Å². The monoisotopic (exact) mass is 385 g/mol. The van der Waals surface area contributed by atoms with Crippen molar-refractivity contribution in [1.82, 2.24) is 0 Å². The topological polar surface area (TPSA) is 80.4 Å². The lowest BCUT2D eigenvalue weighted by molar-refractivity contribution is -0.137. The Morgan fingerprint density at radius 2 is 1.54 bits per heavy atom. The highest BCUT2D eigenvalue weighted by Crippen LogP contribution is 2.20. The molecular formula is C21H39NO3S. The van der Waals surface area contributed by atoms with Gasteiger partial charge in [-0.1, -0.05) is 76.9 Å². The number of primary amides is 1. The van der Waals surface area contributed by atoms with Crippen LogP contribution < -0.4 is 5.73 Å².